The first kappa shape index (κ1) is 95.1. The highest BCUT2D eigenvalue weighted by atomic mass is 31.2. The van der Waals surface area contributed by atoms with E-state index >= 15 is 0 Å². The van der Waals surface area contributed by atoms with Gasteiger partial charge in [-0.1, -0.05) is 356 Å². The number of rotatable bonds is 77. The van der Waals surface area contributed by atoms with Crippen molar-refractivity contribution in [2.24, 2.45) is 11.8 Å². The number of carbonyl (C=O) groups is 4. The van der Waals surface area contributed by atoms with Gasteiger partial charge >= 0.3 is 39.5 Å². The molecule has 2 unspecified atom stereocenters. The van der Waals surface area contributed by atoms with Crippen molar-refractivity contribution in [1.82, 2.24) is 0 Å². The first-order valence-corrected chi connectivity index (χ1v) is 43.5. The maximum Gasteiger partial charge on any atom is 0.472 e. The molecule has 0 aromatic rings. The van der Waals surface area contributed by atoms with Crippen molar-refractivity contribution < 1.29 is 80.2 Å². The Balaban J connectivity index is 5.24. The molecule has 0 aromatic carbocycles. The van der Waals surface area contributed by atoms with Gasteiger partial charge in [-0.3, -0.25) is 37.3 Å². The zero-order chi connectivity index (χ0) is 71.4. The van der Waals surface area contributed by atoms with Gasteiger partial charge in [-0.25, -0.2) is 9.13 Å². The largest absolute Gasteiger partial charge is 0.472 e. The number of phosphoric acid groups is 2. The third-order valence-electron chi connectivity index (χ3n) is 18.2. The van der Waals surface area contributed by atoms with Crippen LogP contribution < -0.4 is 0 Å². The predicted octanol–water partition coefficient (Wildman–Crippen LogP) is 23.1. The number of aliphatic hydroxyl groups is 1. The van der Waals surface area contributed by atoms with Crippen LogP contribution in [0.4, 0.5) is 0 Å². The molecule has 0 rings (SSSR count). The molecule has 0 aliphatic heterocycles. The Labute approximate surface area is 594 Å². The maximum absolute atomic E-state index is 13.1. The number of phosphoric ester groups is 2. The van der Waals surface area contributed by atoms with Crippen LogP contribution in [0.5, 0.6) is 0 Å². The van der Waals surface area contributed by atoms with Crippen LogP contribution in [-0.2, 0) is 65.4 Å². The van der Waals surface area contributed by atoms with Crippen molar-refractivity contribution in [2.45, 2.75) is 426 Å². The van der Waals surface area contributed by atoms with Gasteiger partial charge in [0.1, 0.15) is 19.3 Å². The van der Waals surface area contributed by atoms with E-state index in [1.54, 1.807) is 0 Å². The summed E-state index contributed by atoms with van der Waals surface area (Å²) in [7, 11) is -9.91. The fraction of sp³-hybridized carbons (Fsp3) is 0.949. The van der Waals surface area contributed by atoms with Gasteiger partial charge in [-0.15, -0.1) is 0 Å². The zero-order valence-electron chi connectivity index (χ0n) is 63.4. The highest BCUT2D eigenvalue weighted by Gasteiger charge is 2.30. The molecule has 0 aliphatic carbocycles. The van der Waals surface area contributed by atoms with Gasteiger partial charge in [0, 0.05) is 25.7 Å². The van der Waals surface area contributed by atoms with Gasteiger partial charge in [0.05, 0.1) is 26.4 Å². The first-order valence-electron chi connectivity index (χ1n) is 40.5. The smallest absolute Gasteiger partial charge is 0.462 e. The monoisotopic (exact) mass is 1420 g/mol. The molecule has 3 N–H and O–H groups in total. The van der Waals surface area contributed by atoms with Crippen LogP contribution in [-0.4, -0.2) is 96.7 Å². The van der Waals surface area contributed by atoms with Crippen LogP contribution in [0.15, 0.2) is 0 Å². The summed E-state index contributed by atoms with van der Waals surface area (Å²) >= 11 is 0. The fourth-order valence-corrected chi connectivity index (χ4v) is 13.6. The van der Waals surface area contributed by atoms with E-state index in [2.05, 4.69) is 41.5 Å². The molecule has 576 valence electrons. The first-order chi connectivity index (χ1) is 46.9. The molecule has 0 bridgehead atoms. The molecule has 0 fully saturated rings. The molecular weight excluding hydrogens is 1270 g/mol. The fourth-order valence-electron chi connectivity index (χ4n) is 12.0. The lowest BCUT2D eigenvalue weighted by atomic mass is 10.0. The summed E-state index contributed by atoms with van der Waals surface area (Å²) in [6.07, 6.45) is 58.1. The van der Waals surface area contributed by atoms with Crippen molar-refractivity contribution in [2.75, 3.05) is 39.6 Å². The minimum absolute atomic E-state index is 0.108. The van der Waals surface area contributed by atoms with E-state index in [1.165, 1.54) is 225 Å². The van der Waals surface area contributed by atoms with Crippen LogP contribution in [0, 0.1) is 11.8 Å². The number of esters is 4. The molecule has 97 heavy (non-hydrogen) atoms. The Hall–Kier alpha value is -1.94. The molecule has 17 nitrogen and oxygen atoms in total. The Morgan fingerprint density at radius 1 is 0.278 bits per heavy atom. The van der Waals surface area contributed by atoms with E-state index in [4.69, 9.17) is 37.0 Å². The lowest BCUT2D eigenvalue weighted by Crippen LogP contribution is -2.30. The summed E-state index contributed by atoms with van der Waals surface area (Å²) in [5.41, 5.74) is 0. The number of hydrogen-bond acceptors (Lipinski definition) is 15. The van der Waals surface area contributed by atoms with Gasteiger partial charge in [-0.2, -0.15) is 0 Å². The van der Waals surface area contributed by atoms with Gasteiger partial charge in [0.25, 0.3) is 0 Å². The molecule has 0 radical (unpaired) electrons. The van der Waals surface area contributed by atoms with Crippen LogP contribution >= 0.6 is 15.6 Å². The SMILES string of the molecule is CCCCCCCCCCCCCCC(=O)O[C@H](COC(=O)CCCCCCCCCCCCC)COP(=O)(O)OC[C@H](O)COP(=O)(O)OC[C@@H](COC(=O)CCCCCCCCCCCCCCCCC(C)C)OC(=O)CCCCCCCCCCCCCCCCC(C)C. The second-order valence-corrected chi connectivity index (χ2v) is 32.0. The van der Waals surface area contributed by atoms with E-state index in [9.17, 15) is 43.2 Å². The van der Waals surface area contributed by atoms with Crippen molar-refractivity contribution in [3.05, 3.63) is 0 Å². The molecule has 0 saturated carbocycles. The summed E-state index contributed by atoms with van der Waals surface area (Å²) in [4.78, 5) is 72.9. The Kier molecular flexibility index (Phi) is 68.4. The van der Waals surface area contributed by atoms with E-state index in [1.807, 2.05) is 0 Å². The second kappa shape index (κ2) is 69.8. The zero-order valence-corrected chi connectivity index (χ0v) is 65.2. The van der Waals surface area contributed by atoms with Crippen LogP contribution in [0.3, 0.4) is 0 Å². The Bertz CT molecular complexity index is 1870. The van der Waals surface area contributed by atoms with E-state index in [-0.39, 0.29) is 25.7 Å². The second-order valence-electron chi connectivity index (χ2n) is 29.1. The third-order valence-corrected chi connectivity index (χ3v) is 20.1. The van der Waals surface area contributed by atoms with Crippen LogP contribution in [0.25, 0.3) is 0 Å². The average molecular weight is 1420 g/mol. The molecule has 0 heterocycles. The number of ether oxygens (including phenoxy) is 4. The quantitative estimate of drug-likeness (QED) is 0.0222. The van der Waals surface area contributed by atoms with Gasteiger partial charge in [-0.05, 0) is 37.5 Å². The predicted molar refractivity (Wildman–Crippen MR) is 395 cm³/mol. The number of unbranched alkanes of at least 4 members (excludes halogenated alkanes) is 47. The van der Waals surface area contributed by atoms with E-state index in [0.29, 0.717) is 25.7 Å². The normalized spacial score (nSPS) is 14.0. The van der Waals surface area contributed by atoms with Gasteiger partial charge in [0.15, 0.2) is 12.2 Å². The van der Waals surface area contributed by atoms with Crippen LogP contribution in [0.2, 0.25) is 0 Å². The number of carbonyl (C=O) groups excluding carboxylic acids is 4. The van der Waals surface area contributed by atoms with E-state index in [0.717, 1.165) is 102 Å². The van der Waals surface area contributed by atoms with Crippen molar-refractivity contribution in [3.63, 3.8) is 0 Å². The maximum atomic E-state index is 13.1. The van der Waals surface area contributed by atoms with Crippen LogP contribution in [0.1, 0.15) is 408 Å². The number of hydrogen-bond donors (Lipinski definition) is 3. The van der Waals surface area contributed by atoms with Crippen molar-refractivity contribution >= 4 is 39.5 Å². The molecular formula is C78H152O17P2. The molecule has 0 aliphatic rings. The third kappa shape index (κ3) is 72.2. The summed E-state index contributed by atoms with van der Waals surface area (Å²) in [5.74, 6) is -0.516. The number of aliphatic hydroxyl groups excluding tert-OH is 1. The Morgan fingerprint density at radius 2 is 0.474 bits per heavy atom. The molecule has 0 saturated heterocycles. The van der Waals surface area contributed by atoms with E-state index < -0.39 is 97.5 Å². The summed E-state index contributed by atoms with van der Waals surface area (Å²) in [5, 5.41) is 10.6. The van der Waals surface area contributed by atoms with Crippen molar-refractivity contribution in [3.8, 4) is 0 Å². The molecule has 5 atom stereocenters. The standard InChI is InChI=1S/C78H152O17P2/c1-7-9-11-13-15-17-19-31-38-44-50-56-62-77(82)94-73(66-88-75(80)60-54-48-42-36-28-18-16-14-12-10-8-2)68-92-96(84,85)90-64-72(79)65-91-97(86,87)93-69-74(95-78(83)63-57-51-45-39-33-27-23-21-25-30-35-41-47-53-59-71(5)6)67-89-76(81)61-55-49-43-37-32-26-22-20-24-29-34-40-46-52-58-70(3)4/h70-74,79H,7-69H2,1-6H3,(H,84,85)(H,86,87)/t72-,73+,74+/m0/s1. The molecule has 19 heteroatoms. The summed E-state index contributed by atoms with van der Waals surface area (Å²) < 4.78 is 68.6. The van der Waals surface area contributed by atoms with Gasteiger partial charge < -0.3 is 33.8 Å². The van der Waals surface area contributed by atoms with Gasteiger partial charge in [0.2, 0.25) is 0 Å². The van der Waals surface area contributed by atoms with Crippen molar-refractivity contribution in [1.29, 1.82) is 0 Å². The highest BCUT2D eigenvalue weighted by Crippen LogP contribution is 2.45. The summed E-state index contributed by atoms with van der Waals surface area (Å²) in [6, 6.07) is 0. The molecule has 0 aromatic heterocycles. The Morgan fingerprint density at radius 3 is 0.701 bits per heavy atom. The summed E-state index contributed by atoms with van der Waals surface area (Å²) in [6.45, 7) is 9.66. The lowest BCUT2D eigenvalue weighted by molar-refractivity contribution is -0.161. The highest BCUT2D eigenvalue weighted by molar-refractivity contribution is 7.47. The topological polar surface area (TPSA) is 237 Å². The minimum Gasteiger partial charge on any atom is -0.462 e. The molecule has 0 spiro atoms. The molecule has 0 amide bonds. The minimum atomic E-state index is -4.96. The average Bonchev–Trinajstić information content (AvgIpc) is 1.01. The lowest BCUT2D eigenvalue weighted by Gasteiger charge is -2.21.